The molecular formula is C25H29ClFN5O. The highest BCUT2D eigenvalue weighted by Crippen LogP contribution is 2.30. The van der Waals surface area contributed by atoms with Crippen LogP contribution in [0.5, 0.6) is 0 Å². The molecule has 2 saturated heterocycles. The second-order valence-electron chi connectivity index (χ2n) is 9.14. The third kappa shape index (κ3) is 4.20. The molecule has 2 aliphatic heterocycles. The van der Waals surface area contributed by atoms with Crippen molar-refractivity contribution in [3.05, 3.63) is 59.1 Å². The summed E-state index contributed by atoms with van der Waals surface area (Å²) in [7, 11) is 0. The molecule has 0 radical (unpaired) electrons. The van der Waals surface area contributed by atoms with Gasteiger partial charge in [0.25, 0.3) is 0 Å². The van der Waals surface area contributed by atoms with E-state index >= 15 is 0 Å². The molecule has 0 bridgehead atoms. The topological polar surface area (TPSA) is 53.4 Å². The number of carbonyl (C=O) groups excluding carboxylic acids is 1. The van der Waals surface area contributed by atoms with Gasteiger partial charge < -0.3 is 19.7 Å². The first-order valence-corrected chi connectivity index (χ1v) is 12.0. The van der Waals surface area contributed by atoms with E-state index in [0.29, 0.717) is 23.7 Å². The standard InChI is InChI=1S/C25H29ClFN5O/c1-16-14-30(25(33)23-4-3-9-28-23)10-11-31(16)19-6-8-22-24(13-19)32(15-29-22)17(2)20-7-5-18(26)12-21(20)27/h5-8,12-13,15-17,23,28H,3-4,9-11,14H2,1-2H3/t16-,17+,23?/m0/s1. The molecule has 2 fully saturated rings. The van der Waals surface area contributed by atoms with Crippen molar-refractivity contribution in [2.24, 2.45) is 0 Å². The summed E-state index contributed by atoms with van der Waals surface area (Å²) in [5.41, 5.74) is 3.49. The molecule has 1 amide bonds. The van der Waals surface area contributed by atoms with Crippen LogP contribution in [0.4, 0.5) is 10.1 Å². The first-order valence-electron chi connectivity index (χ1n) is 11.6. The molecule has 0 saturated carbocycles. The number of nitrogens with one attached hydrogen (secondary N) is 1. The Bertz CT molecular complexity index is 1170. The SMILES string of the molecule is C[C@H](c1ccc(Cl)cc1F)n1cnc2ccc(N3CCN(C(=O)C4CCCN4)C[C@@H]3C)cc21. The summed E-state index contributed by atoms with van der Waals surface area (Å²) in [5, 5.41) is 3.70. The number of aromatic nitrogens is 2. The normalized spacial score (nSPS) is 22.2. The summed E-state index contributed by atoms with van der Waals surface area (Å²) in [4.78, 5) is 21.7. The van der Waals surface area contributed by atoms with Crippen LogP contribution in [0.3, 0.4) is 0 Å². The van der Waals surface area contributed by atoms with Gasteiger partial charge in [-0.25, -0.2) is 9.37 Å². The Balaban J connectivity index is 1.38. The number of anilines is 1. The van der Waals surface area contributed by atoms with E-state index in [4.69, 9.17) is 11.6 Å². The molecule has 2 aromatic carbocycles. The maximum atomic E-state index is 14.6. The van der Waals surface area contributed by atoms with Crippen LogP contribution in [-0.2, 0) is 4.79 Å². The minimum Gasteiger partial charge on any atom is -0.365 e. The summed E-state index contributed by atoms with van der Waals surface area (Å²) in [6, 6.07) is 11.0. The summed E-state index contributed by atoms with van der Waals surface area (Å²) in [6.45, 7) is 7.25. The second kappa shape index (κ2) is 8.95. The monoisotopic (exact) mass is 469 g/mol. The number of carbonyl (C=O) groups is 1. The third-order valence-electron chi connectivity index (χ3n) is 7.02. The highest BCUT2D eigenvalue weighted by Gasteiger charge is 2.32. The van der Waals surface area contributed by atoms with Crippen molar-refractivity contribution in [1.29, 1.82) is 0 Å². The van der Waals surface area contributed by atoms with Crippen LogP contribution >= 0.6 is 11.6 Å². The van der Waals surface area contributed by atoms with Crippen molar-refractivity contribution in [3.8, 4) is 0 Å². The fourth-order valence-electron chi connectivity index (χ4n) is 5.15. The summed E-state index contributed by atoms with van der Waals surface area (Å²) in [5.74, 6) is -0.0921. The quantitative estimate of drug-likeness (QED) is 0.621. The van der Waals surface area contributed by atoms with Gasteiger partial charge in [0.1, 0.15) is 5.82 Å². The fourth-order valence-corrected chi connectivity index (χ4v) is 5.31. The number of benzene rings is 2. The summed E-state index contributed by atoms with van der Waals surface area (Å²) in [6.07, 6.45) is 3.76. The predicted molar refractivity (Wildman–Crippen MR) is 129 cm³/mol. The molecule has 6 nitrogen and oxygen atoms in total. The van der Waals surface area contributed by atoms with Crippen LogP contribution in [0.2, 0.25) is 5.02 Å². The number of rotatable bonds is 4. The van der Waals surface area contributed by atoms with Crippen LogP contribution < -0.4 is 10.2 Å². The molecule has 33 heavy (non-hydrogen) atoms. The Morgan fingerprint density at radius 3 is 2.82 bits per heavy atom. The number of fused-ring (bicyclic) bond motifs is 1. The van der Waals surface area contributed by atoms with E-state index in [0.717, 1.165) is 42.7 Å². The number of imidazole rings is 1. The van der Waals surface area contributed by atoms with Gasteiger partial charge in [-0.1, -0.05) is 17.7 Å². The maximum Gasteiger partial charge on any atom is 0.239 e. The Labute approximate surface area is 198 Å². The Morgan fingerprint density at radius 2 is 2.09 bits per heavy atom. The van der Waals surface area contributed by atoms with Crippen LogP contribution in [0, 0.1) is 5.82 Å². The highest BCUT2D eigenvalue weighted by atomic mass is 35.5. The molecule has 3 aromatic rings. The van der Waals surface area contributed by atoms with Gasteiger partial charge in [0.2, 0.25) is 5.91 Å². The predicted octanol–water partition coefficient (Wildman–Crippen LogP) is 4.23. The molecule has 1 unspecified atom stereocenters. The average Bonchev–Trinajstić information content (AvgIpc) is 3.48. The van der Waals surface area contributed by atoms with Gasteiger partial charge in [-0.05, 0) is 63.6 Å². The minimum atomic E-state index is -0.320. The zero-order valence-corrected chi connectivity index (χ0v) is 19.7. The van der Waals surface area contributed by atoms with Crippen LogP contribution in [0.1, 0.15) is 38.3 Å². The Hall–Kier alpha value is -2.64. The van der Waals surface area contributed by atoms with E-state index in [1.807, 2.05) is 22.5 Å². The molecule has 3 atom stereocenters. The van der Waals surface area contributed by atoms with E-state index < -0.39 is 0 Å². The van der Waals surface area contributed by atoms with Gasteiger partial charge in [0.05, 0.1) is 29.4 Å². The molecule has 3 heterocycles. The van der Waals surface area contributed by atoms with E-state index in [1.54, 1.807) is 18.5 Å². The fraction of sp³-hybridized carbons (Fsp3) is 0.440. The number of amides is 1. The molecular weight excluding hydrogens is 441 g/mol. The zero-order valence-electron chi connectivity index (χ0n) is 19.0. The molecule has 5 rings (SSSR count). The van der Waals surface area contributed by atoms with E-state index in [9.17, 15) is 9.18 Å². The highest BCUT2D eigenvalue weighted by molar-refractivity contribution is 6.30. The Kier molecular flexibility index (Phi) is 6.01. The van der Waals surface area contributed by atoms with Crippen molar-refractivity contribution in [2.75, 3.05) is 31.1 Å². The molecule has 1 aromatic heterocycles. The average molecular weight is 470 g/mol. The van der Waals surface area contributed by atoms with E-state index in [1.165, 1.54) is 6.07 Å². The van der Waals surface area contributed by atoms with Crippen molar-refractivity contribution in [1.82, 2.24) is 19.8 Å². The zero-order chi connectivity index (χ0) is 23.1. The lowest BCUT2D eigenvalue weighted by molar-refractivity contribution is -0.133. The van der Waals surface area contributed by atoms with Crippen LogP contribution in [0.25, 0.3) is 11.0 Å². The smallest absolute Gasteiger partial charge is 0.239 e. The number of hydrogen-bond donors (Lipinski definition) is 1. The molecule has 0 spiro atoms. The van der Waals surface area contributed by atoms with E-state index in [-0.39, 0.29) is 29.8 Å². The summed E-state index contributed by atoms with van der Waals surface area (Å²) < 4.78 is 16.6. The molecule has 8 heteroatoms. The van der Waals surface area contributed by atoms with Gasteiger partial charge in [-0.3, -0.25) is 4.79 Å². The first kappa shape index (κ1) is 22.2. The Morgan fingerprint density at radius 1 is 1.24 bits per heavy atom. The van der Waals surface area contributed by atoms with Gasteiger partial charge in [-0.2, -0.15) is 0 Å². The number of halogens is 2. The van der Waals surface area contributed by atoms with Gasteiger partial charge in [0, 0.05) is 41.9 Å². The molecule has 2 aliphatic rings. The van der Waals surface area contributed by atoms with Crippen molar-refractivity contribution in [3.63, 3.8) is 0 Å². The number of piperazine rings is 1. The van der Waals surface area contributed by atoms with Crippen molar-refractivity contribution < 1.29 is 9.18 Å². The van der Waals surface area contributed by atoms with Gasteiger partial charge >= 0.3 is 0 Å². The van der Waals surface area contributed by atoms with Gasteiger partial charge in [-0.15, -0.1) is 0 Å². The van der Waals surface area contributed by atoms with Crippen molar-refractivity contribution >= 4 is 34.2 Å². The van der Waals surface area contributed by atoms with E-state index in [2.05, 4.69) is 34.3 Å². The lowest BCUT2D eigenvalue weighted by Gasteiger charge is -2.42. The lowest BCUT2D eigenvalue weighted by atomic mass is 10.1. The second-order valence-corrected chi connectivity index (χ2v) is 9.58. The maximum absolute atomic E-state index is 14.6. The number of nitrogens with zero attached hydrogens (tertiary/aromatic N) is 4. The van der Waals surface area contributed by atoms with Crippen molar-refractivity contribution in [2.45, 2.75) is 44.8 Å². The minimum absolute atomic E-state index is 0.0239. The van der Waals surface area contributed by atoms with Gasteiger partial charge in [0.15, 0.2) is 0 Å². The first-order chi connectivity index (χ1) is 15.9. The third-order valence-corrected chi connectivity index (χ3v) is 7.25. The molecule has 174 valence electrons. The van der Waals surface area contributed by atoms with Crippen LogP contribution in [-0.4, -0.2) is 58.6 Å². The summed E-state index contributed by atoms with van der Waals surface area (Å²) >= 11 is 5.94. The lowest BCUT2D eigenvalue weighted by Crippen LogP contribution is -2.56. The molecule has 1 N–H and O–H groups in total. The van der Waals surface area contributed by atoms with Crippen LogP contribution in [0.15, 0.2) is 42.7 Å². The number of hydrogen-bond acceptors (Lipinski definition) is 4. The molecule has 0 aliphatic carbocycles. The largest absolute Gasteiger partial charge is 0.365 e.